The molecule has 0 saturated carbocycles. The molecule has 2 fully saturated rings. The van der Waals surface area contributed by atoms with Gasteiger partial charge in [-0.05, 0) is 45.5 Å². The SMILES string of the molecule is CN1CCCN(C(=O)[C@H](O)c2ccccc2Cl)CC12CCNCC2. The fourth-order valence-corrected chi connectivity index (χ4v) is 4.15. The van der Waals surface area contributed by atoms with Crippen molar-refractivity contribution in [2.24, 2.45) is 0 Å². The van der Waals surface area contributed by atoms with E-state index >= 15 is 0 Å². The third-order valence-corrected chi connectivity index (χ3v) is 5.84. The van der Waals surface area contributed by atoms with Gasteiger partial charge in [0.25, 0.3) is 5.91 Å². The molecule has 0 bridgehead atoms. The molecule has 1 aromatic rings. The molecule has 0 radical (unpaired) electrons. The van der Waals surface area contributed by atoms with E-state index in [1.807, 2.05) is 4.90 Å². The summed E-state index contributed by atoms with van der Waals surface area (Å²) in [6.45, 7) is 4.27. The first-order valence-corrected chi connectivity index (χ1v) is 9.04. The van der Waals surface area contributed by atoms with Gasteiger partial charge in [-0.25, -0.2) is 0 Å². The lowest BCUT2D eigenvalue weighted by atomic mass is 9.86. The van der Waals surface area contributed by atoms with Gasteiger partial charge in [-0.15, -0.1) is 0 Å². The maximum atomic E-state index is 12.9. The fourth-order valence-electron chi connectivity index (χ4n) is 3.91. The molecule has 0 aromatic heterocycles. The van der Waals surface area contributed by atoms with Crippen LogP contribution in [0.5, 0.6) is 0 Å². The predicted molar refractivity (Wildman–Crippen MR) is 95.1 cm³/mol. The molecule has 1 aromatic carbocycles. The lowest BCUT2D eigenvalue weighted by Crippen LogP contribution is -2.58. The Labute approximate surface area is 148 Å². The fraction of sp³-hybridized carbons (Fsp3) is 0.611. The van der Waals surface area contributed by atoms with Crippen molar-refractivity contribution in [2.75, 3.05) is 39.8 Å². The molecule has 2 heterocycles. The minimum Gasteiger partial charge on any atom is -0.378 e. The van der Waals surface area contributed by atoms with E-state index in [4.69, 9.17) is 11.6 Å². The molecular weight excluding hydrogens is 326 g/mol. The van der Waals surface area contributed by atoms with Gasteiger partial charge in [0.1, 0.15) is 0 Å². The van der Waals surface area contributed by atoms with Crippen LogP contribution in [0.4, 0.5) is 0 Å². The normalized spacial score (nSPS) is 23.0. The average Bonchev–Trinajstić information content (AvgIpc) is 2.75. The Kier molecular flexibility index (Phi) is 5.45. The third-order valence-electron chi connectivity index (χ3n) is 5.50. The molecule has 2 aliphatic rings. The van der Waals surface area contributed by atoms with Crippen LogP contribution in [0.3, 0.4) is 0 Å². The molecule has 0 unspecified atom stereocenters. The highest BCUT2D eigenvalue weighted by atomic mass is 35.5. The Hall–Kier alpha value is -1.14. The van der Waals surface area contributed by atoms with E-state index in [1.54, 1.807) is 24.3 Å². The van der Waals surface area contributed by atoms with Crippen LogP contribution in [0, 0.1) is 0 Å². The van der Waals surface area contributed by atoms with E-state index in [2.05, 4.69) is 17.3 Å². The molecule has 0 aliphatic carbocycles. The van der Waals surface area contributed by atoms with E-state index < -0.39 is 6.10 Å². The highest BCUT2D eigenvalue weighted by Crippen LogP contribution is 2.31. The van der Waals surface area contributed by atoms with E-state index in [0.717, 1.165) is 38.9 Å². The Morgan fingerprint density at radius 1 is 1.29 bits per heavy atom. The number of nitrogens with zero attached hydrogens (tertiary/aromatic N) is 2. The van der Waals surface area contributed by atoms with Gasteiger partial charge in [0, 0.05) is 35.8 Å². The monoisotopic (exact) mass is 351 g/mol. The highest BCUT2D eigenvalue weighted by Gasteiger charge is 2.41. The first-order chi connectivity index (χ1) is 11.5. The number of aliphatic hydroxyl groups excluding tert-OH is 1. The number of carbonyl (C=O) groups excluding carboxylic acids is 1. The summed E-state index contributed by atoms with van der Waals surface area (Å²) in [4.78, 5) is 17.2. The molecule has 24 heavy (non-hydrogen) atoms. The molecule has 2 saturated heterocycles. The maximum Gasteiger partial charge on any atom is 0.256 e. The van der Waals surface area contributed by atoms with Gasteiger partial charge < -0.3 is 15.3 Å². The number of carbonyl (C=O) groups is 1. The second kappa shape index (κ2) is 7.40. The second-order valence-electron chi connectivity index (χ2n) is 6.93. The largest absolute Gasteiger partial charge is 0.378 e. The molecule has 3 rings (SSSR count). The summed E-state index contributed by atoms with van der Waals surface area (Å²) in [5.74, 6) is -0.240. The first kappa shape index (κ1) is 17.7. The Morgan fingerprint density at radius 2 is 2.00 bits per heavy atom. The highest BCUT2D eigenvalue weighted by molar-refractivity contribution is 6.31. The maximum absolute atomic E-state index is 12.9. The van der Waals surface area contributed by atoms with Crippen LogP contribution in [-0.4, -0.2) is 66.1 Å². The van der Waals surface area contributed by atoms with E-state index in [0.29, 0.717) is 23.7 Å². The van der Waals surface area contributed by atoms with Crippen LogP contribution in [-0.2, 0) is 4.79 Å². The van der Waals surface area contributed by atoms with Crippen molar-refractivity contribution in [3.8, 4) is 0 Å². The summed E-state index contributed by atoms with van der Waals surface area (Å²) >= 11 is 6.15. The zero-order valence-electron chi connectivity index (χ0n) is 14.2. The standard InChI is InChI=1S/C18H26ClN3O2/c1-21-11-4-12-22(13-18(21)7-9-20-10-8-18)17(24)16(23)14-5-2-3-6-15(14)19/h2-3,5-6,16,20,23H,4,7-13H2,1H3/t16-/m1/s1. The van der Waals surface area contributed by atoms with Crippen molar-refractivity contribution >= 4 is 17.5 Å². The summed E-state index contributed by atoms with van der Waals surface area (Å²) in [6, 6.07) is 7.02. The molecule has 2 aliphatic heterocycles. The van der Waals surface area contributed by atoms with Gasteiger partial charge in [0.05, 0.1) is 0 Å². The van der Waals surface area contributed by atoms with Crippen molar-refractivity contribution in [1.29, 1.82) is 0 Å². The number of rotatable bonds is 2. The summed E-state index contributed by atoms with van der Waals surface area (Å²) in [5, 5.41) is 14.4. The molecule has 1 amide bonds. The van der Waals surface area contributed by atoms with Crippen molar-refractivity contribution in [3.05, 3.63) is 34.9 Å². The number of aliphatic hydroxyl groups is 1. The number of benzene rings is 1. The minimum absolute atomic E-state index is 0.0115. The molecule has 2 N–H and O–H groups in total. The number of amides is 1. The van der Waals surface area contributed by atoms with Crippen molar-refractivity contribution in [3.63, 3.8) is 0 Å². The second-order valence-corrected chi connectivity index (χ2v) is 7.34. The molecule has 132 valence electrons. The van der Waals surface area contributed by atoms with Crippen LogP contribution in [0.15, 0.2) is 24.3 Å². The predicted octanol–water partition coefficient (Wildman–Crippen LogP) is 1.66. The number of nitrogens with one attached hydrogen (secondary N) is 1. The van der Waals surface area contributed by atoms with Gasteiger partial charge in [-0.3, -0.25) is 9.69 Å². The summed E-state index contributed by atoms with van der Waals surface area (Å²) in [7, 11) is 2.16. The third kappa shape index (κ3) is 3.45. The van der Waals surface area contributed by atoms with Crippen molar-refractivity contribution in [2.45, 2.75) is 30.9 Å². The lowest BCUT2D eigenvalue weighted by molar-refractivity contribution is -0.142. The van der Waals surface area contributed by atoms with Crippen LogP contribution < -0.4 is 5.32 Å². The first-order valence-electron chi connectivity index (χ1n) is 8.67. The molecule has 6 heteroatoms. The van der Waals surface area contributed by atoms with E-state index in [9.17, 15) is 9.90 Å². The lowest BCUT2D eigenvalue weighted by Gasteiger charge is -2.45. The molecular formula is C18H26ClN3O2. The zero-order chi connectivity index (χ0) is 17.2. The number of piperidine rings is 1. The van der Waals surface area contributed by atoms with Crippen molar-refractivity contribution in [1.82, 2.24) is 15.1 Å². The number of halogens is 1. The molecule has 1 atom stereocenters. The van der Waals surface area contributed by atoms with Gasteiger partial charge in [0.2, 0.25) is 0 Å². The van der Waals surface area contributed by atoms with Gasteiger partial charge in [-0.2, -0.15) is 0 Å². The summed E-state index contributed by atoms with van der Waals surface area (Å²) in [5.41, 5.74) is 0.499. The van der Waals surface area contributed by atoms with Gasteiger partial charge >= 0.3 is 0 Å². The van der Waals surface area contributed by atoms with Crippen molar-refractivity contribution < 1.29 is 9.90 Å². The molecule has 1 spiro atoms. The Balaban J connectivity index is 1.80. The number of likely N-dealkylation sites (N-methyl/N-ethyl adjacent to an activating group) is 1. The van der Waals surface area contributed by atoms with Gasteiger partial charge in [-0.1, -0.05) is 29.8 Å². The van der Waals surface area contributed by atoms with Crippen LogP contribution in [0.1, 0.15) is 30.9 Å². The number of hydrogen-bond acceptors (Lipinski definition) is 4. The molecule has 5 nitrogen and oxygen atoms in total. The quantitative estimate of drug-likeness (QED) is 0.851. The van der Waals surface area contributed by atoms with Gasteiger partial charge in [0.15, 0.2) is 6.10 Å². The van der Waals surface area contributed by atoms with Crippen LogP contribution in [0.25, 0.3) is 0 Å². The average molecular weight is 352 g/mol. The number of hydrogen-bond donors (Lipinski definition) is 2. The minimum atomic E-state index is -1.19. The topological polar surface area (TPSA) is 55.8 Å². The van der Waals surface area contributed by atoms with E-state index in [1.165, 1.54) is 0 Å². The Bertz CT molecular complexity index is 589. The smallest absolute Gasteiger partial charge is 0.256 e. The zero-order valence-corrected chi connectivity index (χ0v) is 14.9. The van der Waals surface area contributed by atoms with Crippen LogP contribution >= 0.6 is 11.6 Å². The Morgan fingerprint density at radius 3 is 2.71 bits per heavy atom. The summed E-state index contributed by atoms with van der Waals surface area (Å²) < 4.78 is 0. The van der Waals surface area contributed by atoms with Crippen LogP contribution in [0.2, 0.25) is 5.02 Å². The van der Waals surface area contributed by atoms with E-state index in [-0.39, 0.29) is 11.4 Å². The summed E-state index contributed by atoms with van der Waals surface area (Å²) in [6.07, 6.45) is 1.78.